The minimum absolute atomic E-state index is 0.0863. The van der Waals surface area contributed by atoms with E-state index in [9.17, 15) is 4.79 Å². The van der Waals surface area contributed by atoms with E-state index in [-0.39, 0.29) is 12.5 Å². The predicted molar refractivity (Wildman–Crippen MR) is 96.5 cm³/mol. The summed E-state index contributed by atoms with van der Waals surface area (Å²) < 4.78 is 5.67. The van der Waals surface area contributed by atoms with E-state index in [1.807, 2.05) is 42.5 Å². The Labute approximate surface area is 146 Å². The van der Waals surface area contributed by atoms with Crippen molar-refractivity contribution in [2.45, 2.75) is 19.8 Å². The summed E-state index contributed by atoms with van der Waals surface area (Å²) in [5.74, 6) is 1.36. The SMILES string of the molecule is CC(C)c1cccc(NC(=O)COc2ccccc2-c2ncn[nH]2)c1. The number of anilines is 1. The summed E-state index contributed by atoms with van der Waals surface area (Å²) in [5.41, 5.74) is 2.70. The molecule has 0 fully saturated rings. The van der Waals surface area contributed by atoms with Crippen LogP contribution in [-0.4, -0.2) is 27.7 Å². The fourth-order valence-corrected chi connectivity index (χ4v) is 2.44. The van der Waals surface area contributed by atoms with E-state index in [1.54, 1.807) is 6.07 Å². The lowest BCUT2D eigenvalue weighted by Gasteiger charge is -2.11. The van der Waals surface area contributed by atoms with Crippen molar-refractivity contribution in [3.8, 4) is 17.1 Å². The molecule has 0 aliphatic rings. The van der Waals surface area contributed by atoms with Crippen LogP contribution >= 0.6 is 0 Å². The number of carbonyl (C=O) groups excluding carboxylic acids is 1. The van der Waals surface area contributed by atoms with Gasteiger partial charge in [-0.3, -0.25) is 9.89 Å². The molecule has 0 saturated heterocycles. The van der Waals surface area contributed by atoms with Crippen LogP contribution in [-0.2, 0) is 4.79 Å². The molecule has 3 aromatic rings. The fourth-order valence-electron chi connectivity index (χ4n) is 2.44. The Morgan fingerprint density at radius 2 is 2.04 bits per heavy atom. The van der Waals surface area contributed by atoms with E-state index < -0.39 is 0 Å². The van der Waals surface area contributed by atoms with Gasteiger partial charge in [0.15, 0.2) is 12.4 Å². The molecule has 3 rings (SSSR count). The smallest absolute Gasteiger partial charge is 0.262 e. The molecule has 0 radical (unpaired) electrons. The number of ether oxygens (including phenoxy) is 1. The molecule has 1 amide bonds. The first-order chi connectivity index (χ1) is 12.1. The number of benzene rings is 2. The number of para-hydroxylation sites is 1. The Morgan fingerprint density at radius 3 is 2.80 bits per heavy atom. The highest BCUT2D eigenvalue weighted by atomic mass is 16.5. The highest BCUT2D eigenvalue weighted by molar-refractivity contribution is 5.92. The lowest BCUT2D eigenvalue weighted by atomic mass is 10.0. The molecule has 2 N–H and O–H groups in total. The number of aromatic nitrogens is 3. The molecular formula is C19H20N4O2. The highest BCUT2D eigenvalue weighted by Gasteiger charge is 2.11. The molecule has 25 heavy (non-hydrogen) atoms. The van der Waals surface area contributed by atoms with Crippen molar-refractivity contribution in [2.75, 3.05) is 11.9 Å². The van der Waals surface area contributed by atoms with Crippen molar-refractivity contribution in [3.63, 3.8) is 0 Å². The summed E-state index contributed by atoms with van der Waals surface area (Å²) in [4.78, 5) is 16.3. The molecule has 0 unspecified atom stereocenters. The third-order valence-corrected chi connectivity index (χ3v) is 3.75. The maximum absolute atomic E-state index is 12.2. The van der Waals surface area contributed by atoms with Gasteiger partial charge >= 0.3 is 0 Å². The summed E-state index contributed by atoms with van der Waals surface area (Å²) in [6.07, 6.45) is 1.43. The van der Waals surface area contributed by atoms with E-state index in [1.165, 1.54) is 11.9 Å². The van der Waals surface area contributed by atoms with Gasteiger partial charge in [0.05, 0.1) is 5.56 Å². The average molecular weight is 336 g/mol. The number of amides is 1. The molecule has 6 nitrogen and oxygen atoms in total. The third-order valence-electron chi connectivity index (χ3n) is 3.75. The Morgan fingerprint density at radius 1 is 1.20 bits per heavy atom. The Hall–Kier alpha value is -3.15. The second-order valence-electron chi connectivity index (χ2n) is 5.95. The van der Waals surface area contributed by atoms with E-state index in [2.05, 4.69) is 34.3 Å². The summed E-state index contributed by atoms with van der Waals surface area (Å²) in [5, 5.41) is 9.50. The first-order valence-corrected chi connectivity index (χ1v) is 8.11. The van der Waals surface area contributed by atoms with Crippen LogP contribution < -0.4 is 10.1 Å². The normalized spacial score (nSPS) is 10.7. The van der Waals surface area contributed by atoms with Gasteiger partial charge < -0.3 is 10.1 Å². The fraction of sp³-hybridized carbons (Fsp3) is 0.211. The van der Waals surface area contributed by atoms with E-state index in [0.29, 0.717) is 17.5 Å². The molecule has 6 heteroatoms. The molecule has 1 aromatic heterocycles. The van der Waals surface area contributed by atoms with Crippen LogP contribution in [0.4, 0.5) is 5.69 Å². The van der Waals surface area contributed by atoms with Crippen molar-refractivity contribution in [1.82, 2.24) is 15.2 Å². The van der Waals surface area contributed by atoms with E-state index >= 15 is 0 Å². The van der Waals surface area contributed by atoms with Crippen molar-refractivity contribution < 1.29 is 9.53 Å². The van der Waals surface area contributed by atoms with Gasteiger partial charge in [0, 0.05) is 5.69 Å². The largest absolute Gasteiger partial charge is 0.483 e. The zero-order chi connectivity index (χ0) is 17.6. The van der Waals surface area contributed by atoms with Crippen molar-refractivity contribution >= 4 is 11.6 Å². The van der Waals surface area contributed by atoms with Crippen molar-refractivity contribution in [1.29, 1.82) is 0 Å². The number of nitrogens with one attached hydrogen (secondary N) is 2. The standard InChI is InChI=1S/C19H20N4O2/c1-13(2)14-6-5-7-15(10-14)22-18(24)11-25-17-9-4-3-8-16(17)19-20-12-21-23-19/h3-10,12-13H,11H2,1-2H3,(H,22,24)(H,20,21,23). The van der Waals surface area contributed by atoms with Crippen LogP contribution in [0.3, 0.4) is 0 Å². The van der Waals surface area contributed by atoms with Crippen molar-refractivity contribution in [2.24, 2.45) is 0 Å². The van der Waals surface area contributed by atoms with Crippen LogP contribution in [0.25, 0.3) is 11.4 Å². The molecule has 0 spiro atoms. The molecule has 128 valence electrons. The zero-order valence-corrected chi connectivity index (χ0v) is 14.2. The molecular weight excluding hydrogens is 316 g/mol. The second kappa shape index (κ2) is 7.61. The molecule has 0 saturated carbocycles. The van der Waals surface area contributed by atoms with Gasteiger partial charge in [0.1, 0.15) is 12.1 Å². The predicted octanol–water partition coefficient (Wildman–Crippen LogP) is 3.61. The molecule has 0 atom stereocenters. The molecule has 2 aromatic carbocycles. The number of carbonyl (C=O) groups is 1. The minimum atomic E-state index is -0.215. The molecule has 1 heterocycles. The van der Waals surface area contributed by atoms with Crippen LogP contribution in [0.5, 0.6) is 5.75 Å². The van der Waals surface area contributed by atoms with Gasteiger partial charge in [-0.25, -0.2) is 4.98 Å². The zero-order valence-electron chi connectivity index (χ0n) is 14.2. The van der Waals surface area contributed by atoms with Crippen molar-refractivity contribution in [3.05, 3.63) is 60.4 Å². The highest BCUT2D eigenvalue weighted by Crippen LogP contribution is 2.26. The Bertz CT molecular complexity index is 844. The summed E-state index contributed by atoms with van der Waals surface area (Å²) in [6.45, 7) is 4.14. The summed E-state index contributed by atoms with van der Waals surface area (Å²) >= 11 is 0. The number of hydrogen-bond donors (Lipinski definition) is 2. The monoisotopic (exact) mass is 336 g/mol. The maximum Gasteiger partial charge on any atom is 0.262 e. The first-order valence-electron chi connectivity index (χ1n) is 8.11. The average Bonchev–Trinajstić information content (AvgIpc) is 3.15. The number of H-pyrrole nitrogens is 1. The van der Waals surface area contributed by atoms with Gasteiger partial charge in [0.2, 0.25) is 0 Å². The van der Waals surface area contributed by atoms with Gasteiger partial charge in [0.25, 0.3) is 5.91 Å². The van der Waals surface area contributed by atoms with Gasteiger partial charge in [-0.2, -0.15) is 5.10 Å². The molecule has 0 aliphatic heterocycles. The number of rotatable bonds is 6. The number of hydrogen-bond acceptors (Lipinski definition) is 4. The van der Waals surface area contributed by atoms with Crippen LogP contribution in [0.1, 0.15) is 25.3 Å². The maximum atomic E-state index is 12.2. The topological polar surface area (TPSA) is 79.9 Å². The second-order valence-corrected chi connectivity index (χ2v) is 5.95. The Balaban J connectivity index is 1.65. The van der Waals surface area contributed by atoms with E-state index in [0.717, 1.165) is 11.3 Å². The Kier molecular flexibility index (Phi) is 5.09. The summed E-state index contributed by atoms with van der Waals surface area (Å²) in [7, 11) is 0. The lowest BCUT2D eigenvalue weighted by Crippen LogP contribution is -2.20. The van der Waals surface area contributed by atoms with Crippen LogP contribution in [0, 0.1) is 0 Å². The van der Waals surface area contributed by atoms with Crippen LogP contribution in [0.2, 0.25) is 0 Å². The molecule has 0 bridgehead atoms. The van der Waals surface area contributed by atoms with Gasteiger partial charge in [-0.15, -0.1) is 0 Å². The minimum Gasteiger partial charge on any atom is -0.483 e. The summed E-state index contributed by atoms with van der Waals surface area (Å²) in [6, 6.07) is 15.2. The molecule has 0 aliphatic carbocycles. The number of nitrogens with zero attached hydrogens (tertiary/aromatic N) is 2. The quantitative estimate of drug-likeness (QED) is 0.720. The lowest BCUT2D eigenvalue weighted by molar-refractivity contribution is -0.118. The van der Waals surface area contributed by atoms with E-state index in [4.69, 9.17) is 4.74 Å². The first kappa shape index (κ1) is 16.7. The van der Waals surface area contributed by atoms with Gasteiger partial charge in [-0.05, 0) is 35.7 Å². The van der Waals surface area contributed by atoms with Crippen LogP contribution in [0.15, 0.2) is 54.9 Å². The third kappa shape index (κ3) is 4.23. The van der Waals surface area contributed by atoms with Gasteiger partial charge in [-0.1, -0.05) is 38.1 Å². The number of aromatic amines is 1.